The number of amides is 1. The predicted molar refractivity (Wildman–Crippen MR) is 103 cm³/mol. The van der Waals surface area contributed by atoms with E-state index in [1.807, 2.05) is 0 Å². The van der Waals surface area contributed by atoms with Crippen molar-refractivity contribution in [1.29, 1.82) is 0 Å². The monoisotopic (exact) mass is 390 g/mol. The van der Waals surface area contributed by atoms with Crippen LogP contribution in [0.3, 0.4) is 0 Å². The van der Waals surface area contributed by atoms with Crippen LogP contribution in [-0.2, 0) is 11.2 Å². The van der Waals surface area contributed by atoms with Gasteiger partial charge in [0.05, 0.1) is 27.5 Å². The summed E-state index contributed by atoms with van der Waals surface area (Å²) in [5.41, 5.74) is 2.72. The molecule has 3 N–H and O–H groups in total. The number of ether oxygens (including phenoxy) is 3. The number of hydrogen-bond donors (Lipinski definition) is 3. The van der Waals surface area contributed by atoms with E-state index in [-0.39, 0.29) is 18.7 Å². The first kappa shape index (κ1) is 20.7. The van der Waals surface area contributed by atoms with Gasteiger partial charge in [-0.1, -0.05) is 0 Å². The largest absolute Gasteiger partial charge is 0.493 e. The first-order chi connectivity index (χ1) is 13.4. The Kier molecular flexibility index (Phi) is 6.96. The number of aryl methyl sites for hydroxylation is 1. The molecule has 2 aromatic rings. The van der Waals surface area contributed by atoms with Crippen molar-refractivity contribution in [2.75, 3.05) is 21.3 Å². The summed E-state index contributed by atoms with van der Waals surface area (Å²) in [7, 11) is 4.50. The van der Waals surface area contributed by atoms with Crippen molar-refractivity contribution in [1.82, 2.24) is 15.4 Å². The molecule has 0 aliphatic carbocycles. The number of H-pyrrole nitrogens is 2. The van der Waals surface area contributed by atoms with Crippen molar-refractivity contribution < 1.29 is 19.0 Å². The third-order valence-electron chi connectivity index (χ3n) is 3.95. The number of benzene rings is 1. The van der Waals surface area contributed by atoms with Crippen LogP contribution in [0.5, 0.6) is 17.2 Å². The number of aromatic amines is 2. The Morgan fingerprint density at radius 3 is 2.29 bits per heavy atom. The molecular formula is C18H22N4O6. The van der Waals surface area contributed by atoms with Crippen LogP contribution >= 0.6 is 0 Å². The molecule has 2 rings (SSSR count). The van der Waals surface area contributed by atoms with Crippen LogP contribution < -0.4 is 30.9 Å². The van der Waals surface area contributed by atoms with Crippen molar-refractivity contribution in [2.24, 2.45) is 5.10 Å². The predicted octanol–water partition coefficient (Wildman–Crippen LogP) is 0.480. The van der Waals surface area contributed by atoms with Gasteiger partial charge in [-0.3, -0.25) is 14.6 Å². The van der Waals surface area contributed by atoms with Crippen LogP contribution in [0.1, 0.15) is 23.2 Å². The Bertz CT molecular complexity index is 967. The van der Waals surface area contributed by atoms with Crippen LogP contribution in [0.2, 0.25) is 0 Å². The highest BCUT2D eigenvalue weighted by Crippen LogP contribution is 2.37. The Morgan fingerprint density at radius 2 is 1.75 bits per heavy atom. The maximum absolute atomic E-state index is 12.0. The molecule has 150 valence electrons. The molecule has 28 heavy (non-hydrogen) atoms. The minimum Gasteiger partial charge on any atom is -0.493 e. The van der Waals surface area contributed by atoms with E-state index in [0.717, 1.165) is 0 Å². The van der Waals surface area contributed by atoms with Gasteiger partial charge in [-0.25, -0.2) is 10.2 Å². The highest BCUT2D eigenvalue weighted by Gasteiger charge is 2.12. The SMILES string of the molecule is COc1cc(/C=N/NC(=O)CCc2c(C)[nH]c(=O)[nH]c2=O)cc(OC)c1OC. The van der Waals surface area contributed by atoms with Crippen molar-refractivity contribution in [3.8, 4) is 17.2 Å². The van der Waals surface area contributed by atoms with Gasteiger partial charge < -0.3 is 19.2 Å². The average Bonchev–Trinajstić information content (AvgIpc) is 2.66. The third kappa shape index (κ3) is 5.00. The van der Waals surface area contributed by atoms with Gasteiger partial charge in [-0.2, -0.15) is 5.10 Å². The summed E-state index contributed by atoms with van der Waals surface area (Å²) in [6, 6.07) is 3.36. The molecule has 10 heteroatoms. The number of nitrogens with one attached hydrogen (secondary N) is 3. The summed E-state index contributed by atoms with van der Waals surface area (Å²) in [5.74, 6) is 0.992. The second-order valence-corrected chi connectivity index (χ2v) is 5.76. The molecule has 0 bridgehead atoms. The van der Waals surface area contributed by atoms with Crippen molar-refractivity contribution in [2.45, 2.75) is 19.8 Å². The van der Waals surface area contributed by atoms with E-state index in [1.54, 1.807) is 19.1 Å². The number of methoxy groups -OCH3 is 3. The number of nitrogens with zero attached hydrogens (tertiary/aromatic N) is 1. The summed E-state index contributed by atoms with van der Waals surface area (Å²) in [5, 5.41) is 3.90. The summed E-state index contributed by atoms with van der Waals surface area (Å²) < 4.78 is 15.7. The highest BCUT2D eigenvalue weighted by molar-refractivity contribution is 5.84. The maximum atomic E-state index is 12.0. The summed E-state index contributed by atoms with van der Waals surface area (Å²) in [6.07, 6.45) is 1.63. The number of aromatic nitrogens is 2. The van der Waals surface area contributed by atoms with Crippen LogP contribution in [-0.4, -0.2) is 43.4 Å². The van der Waals surface area contributed by atoms with Gasteiger partial charge in [0.15, 0.2) is 11.5 Å². The van der Waals surface area contributed by atoms with E-state index in [0.29, 0.717) is 34.1 Å². The fourth-order valence-corrected chi connectivity index (χ4v) is 2.58. The maximum Gasteiger partial charge on any atom is 0.325 e. The Morgan fingerprint density at radius 1 is 1.11 bits per heavy atom. The molecular weight excluding hydrogens is 368 g/mol. The van der Waals surface area contributed by atoms with Crippen LogP contribution in [0.4, 0.5) is 0 Å². The molecule has 0 saturated carbocycles. The fraction of sp³-hybridized carbons (Fsp3) is 0.333. The molecule has 0 fully saturated rings. The quantitative estimate of drug-likeness (QED) is 0.443. The molecule has 0 saturated heterocycles. The van der Waals surface area contributed by atoms with Gasteiger partial charge in [0, 0.05) is 23.2 Å². The van der Waals surface area contributed by atoms with Crippen molar-refractivity contribution >= 4 is 12.1 Å². The number of carbonyl (C=O) groups is 1. The highest BCUT2D eigenvalue weighted by atomic mass is 16.5. The zero-order valence-corrected chi connectivity index (χ0v) is 16.0. The smallest absolute Gasteiger partial charge is 0.325 e. The van der Waals surface area contributed by atoms with Gasteiger partial charge in [-0.05, 0) is 25.5 Å². The van der Waals surface area contributed by atoms with Gasteiger partial charge >= 0.3 is 5.69 Å². The molecule has 0 unspecified atom stereocenters. The van der Waals surface area contributed by atoms with E-state index in [9.17, 15) is 14.4 Å². The molecule has 1 amide bonds. The van der Waals surface area contributed by atoms with E-state index in [1.165, 1.54) is 27.5 Å². The molecule has 1 heterocycles. The lowest BCUT2D eigenvalue weighted by atomic mass is 10.1. The second kappa shape index (κ2) is 9.40. The Labute approximate surface area is 160 Å². The Hall–Kier alpha value is -3.56. The number of carbonyl (C=O) groups excluding carboxylic acids is 1. The van der Waals surface area contributed by atoms with Crippen LogP contribution in [0.15, 0.2) is 26.8 Å². The molecule has 0 aliphatic heterocycles. The normalized spacial score (nSPS) is 10.7. The summed E-state index contributed by atoms with van der Waals surface area (Å²) in [4.78, 5) is 39.5. The van der Waals surface area contributed by atoms with E-state index >= 15 is 0 Å². The lowest BCUT2D eigenvalue weighted by Crippen LogP contribution is -2.28. The molecule has 1 aromatic heterocycles. The minimum absolute atomic E-state index is 0.0303. The summed E-state index contributed by atoms with van der Waals surface area (Å²) >= 11 is 0. The number of rotatable bonds is 8. The molecule has 0 aliphatic rings. The van der Waals surface area contributed by atoms with E-state index < -0.39 is 11.2 Å². The molecule has 0 atom stereocenters. The molecule has 1 aromatic carbocycles. The first-order valence-electron chi connectivity index (χ1n) is 8.33. The zero-order chi connectivity index (χ0) is 20.7. The third-order valence-corrected chi connectivity index (χ3v) is 3.95. The number of hydrazone groups is 1. The fourth-order valence-electron chi connectivity index (χ4n) is 2.58. The lowest BCUT2D eigenvalue weighted by Gasteiger charge is -2.12. The minimum atomic E-state index is -0.578. The first-order valence-corrected chi connectivity index (χ1v) is 8.33. The molecule has 0 radical (unpaired) electrons. The van der Waals surface area contributed by atoms with Gasteiger partial charge in [0.25, 0.3) is 5.56 Å². The van der Waals surface area contributed by atoms with Crippen LogP contribution in [0.25, 0.3) is 0 Å². The topological polar surface area (TPSA) is 135 Å². The Balaban J connectivity index is 2.02. The number of hydrogen-bond acceptors (Lipinski definition) is 7. The standard InChI is InChI=1S/C18H22N4O6/c1-10-12(17(24)21-18(25)20-10)5-6-15(23)22-19-9-11-7-13(26-2)16(28-4)14(8-11)27-3/h7-9H,5-6H2,1-4H3,(H,22,23)(H2,20,21,24,25)/b19-9+. The van der Waals surface area contributed by atoms with Gasteiger partial charge in [-0.15, -0.1) is 0 Å². The van der Waals surface area contributed by atoms with Crippen LogP contribution in [0, 0.1) is 6.92 Å². The zero-order valence-electron chi connectivity index (χ0n) is 16.0. The molecule has 0 spiro atoms. The lowest BCUT2D eigenvalue weighted by molar-refractivity contribution is -0.121. The molecule has 10 nitrogen and oxygen atoms in total. The van der Waals surface area contributed by atoms with E-state index in [4.69, 9.17) is 14.2 Å². The summed E-state index contributed by atoms with van der Waals surface area (Å²) in [6.45, 7) is 1.60. The van der Waals surface area contributed by atoms with Crippen molar-refractivity contribution in [3.63, 3.8) is 0 Å². The average molecular weight is 390 g/mol. The van der Waals surface area contributed by atoms with Gasteiger partial charge in [0.1, 0.15) is 0 Å². The van der Waals surface area contributed by atoms with Crippen molar-refractivity contribution in [3.05, 3.63) is 49.8 Å². The van der Waals surface area contributed by atoms with Gasteiger partial charge in [0.2, 0.25) is 11.7 Å². The second-order valence-electron chi connectivity index (χ2n) is 5.76. The van der Waals surface area contributed by atoms with E-state index in [2.05, 4.69) is 20.5 Å².